The highest BCUT2D eigenvalue weighted by Crippen LogP contribution is 2.25. The van der Waals surface area contributed by atoms with Gasteiger partial charge in [-0.05, 0) is 54.3 Å². The summed E-state index contributed by atoms with van der Waals surface area (Å²) in [5.41, 5.74) is 5.38. The van der Waals surface area contributed by atoms with Crippen molar-refractivity contribution in [3.63, 3.8) is 0 Å². The fourth-order valence-electron chi connectivity index (χ4n) is 3.97. The number of benzene rings is 3. The van der Waals surface area contributed by atoms with Crippen LogP contribution in [0.2, 0.25) is 0 Å². The van der Waals surface area contributed by atoms with Crippen LogP contribution in [0.1, 0.15) is 51.7 Å². The van der Waals surface area contributed by atoms with Crippen molar-refractivity contribution in [2.24, 2.45) is 0 Å². The standard InChI is InChI=1S/C27H27N3O3/c1-3-4-15-28-26(31)21-13-14-25-24(16-21)18(2)29-30(25)17-19-9-11-20(12-10-19)22-7-5-6-8-23(22)27(32)33/h5-14,16H,3-4,15,17H2,1-2H3,(H,28,31)(H,32,33). The molecule has 6 heteroatoms. The first kappa shape index (κ1) is 22.3. The summed E-state index contributed by atoms with van der Waals surface area (Å²) in [6.45, 7) is 5.30. The molecule has 0 radical (unpaired) electrons. The summed E-state index contributed by atoms with van der Waals surface area (Å²) in [6, 6.07) is 20.6. The number of aromatic nitrogens is 2. The highest BCUT2D eigenvalue weighted by Gasteiger charge is 2.13. The lowest BCUT2D eigenvalue weighted by Crippen LogP contribution is -2.24. The number of rotatable bonds is 8. The normalized spacial score (nSPS) is 11.0. The third-order valence-corrected chi connectivity index (χ3v) is 5.77. The molecule has 0 saturated carbocycles. The fourth-order valence-corrected chi connectivity index (χ4v) is 3.97. The number of nitrogens with one attached hydrogen (secondary N) is 1. The third-order valence-electron chi connectivity index (χ3n) is 5.77. The average molecular weight is 442 g/mol. The number of carbonyl (C=O) groups is 2. The molecular weight excluding hydrogens is 414 g/mol. The highest BCUT2D eigenvalue weighted by atomic mass is 16.4. The van der Waals surface area contributed by atoms with Crippen LogP contribution >= 0.6 is 0 Å². The first-order chi connectivity index (χ1) is 16.0. The number of aromatic carboxylic acids is 1. The predicted molar refractivity (Wildman–Crippen MR) is 130 cm³/mol. The van der Waals surface area contributed by atoms with E-state index in [-0.39, 0.29) is 11.5 Å². The summed E-state index contributed by atoms with van der Waals surface area (Å²) in [5.74, 6) is -0.999. The Bertz CT molecular complexity index is 1310. The van der Waals surface area contributed by atoms with E-state index in [4.69, 9.17) is 0 Å². The van der Waals surface area contributed by atoms with Crippen LogP contribution < -0.4 is 5.32 Å². The van der Waals surface area contributed by atoms with Gasteiger partial charge in [0.25, 0.3) is 5.91 Å². The zero-order valence-electron chi connectivity index (χ0n) is 18.8. The molecule has 6 nitrogen and oxygen atoms in total. The number of unbranched alkanes of at least 4 members (excludes halogenated alkanes) is 1. The minimum absolute atomic E-state index is 0.0604. The third kappa shape index (κ3) is 4.80. The van der Waals surface area contributed by atoms with Gasteiger partial charge in [0.1, 0.15) is 0 Å². The summed E-state index contributed by atoms with van der Waals surface area (Å²) in [5, 5.41) is 18.1. The van der Waals surface area contributed by atoms with Crippen molar-refractivity contribution in [3.05, 3.63) is 89.1 Å². The summed E-state index contributed by atoms with van der Waals surface area (Å²) in [7, 11) is 0. The molecule has 3 aromatic carbocycles. The molecule has 0 fully saturated rings. The molecule has 0 atom stereocenters. The minimum atomic E-state index is -0.938. The largest absolute Gasteiger partial charge is 0.478 e. The fraction of sp³-hybridized carbons (Fsp3) is 0.222. The summed E-state index contributed by atoms with van der Waals surface area (Å²) in [4.78, 5) is 23.9. The molecule has 4 rings (SSSR count). The SMILES string of the molecule is CCCCNC(=O)c1ccc2c(c1)c(C)nn2Cc1ccc(-c2ccccc2C(=O)O)cc1. The van der Waals surface area contributed by atoms with Crippen LogP contribution in [-0.2, 0) is 6.54 Å². The lowest BCUT2D eigenvalue weighted by molar-refractivity contribution is 0.0697. The van der Waals surface area contributed by atoms with Crippen molar-refractivity contribution in [1.29, 1.82) is 0 Å². The molecule has 0 aliphatic heterocycles. The van der Waals surface area contributed by atoms with E-state index in [1.54, 1.807) is 12.1 Å². The molecule has 0 aliphatic rings. The van der Waals surface area contributed by atoms with Gasteiger partial charge in [-0.3, -0.25) is 9.48 Å². The van der Waals surface area contributed by atoms with E-state index in [9.17, 15) is 14.7 Å². The molecule has 0 saturated heterocycles. The van der Waals surface area contributed by atoms with Crippen molar-refractivity contribution in [3.8, 4) is 11.1 Å². The van der Waals surface area contributed by atoms with E-state index in [1.807, 2.05) is 66.2 Å². The predicted octanol–water partition coefficient (Wildman–Crippen LogP) is 5.29. The number of carboxylic acid groups (broad SMARTS) is 1. The number of carbonyl (C=O) groups excluding carboxylic acids is 1. The van der Waals surface area contributed by atoms with Crippen LogP contribution in [0.15, 0.2) is 66.7 Å². The van der Waals surface area contributed by atoms with Crippen molar-refractivity contribution < 1.29 is 14.7 Å². The number of amides is 1. The minimum Gasteiger partial charge on any atom is -0.478 e. The monoisotopic (exact) mass is 441 g/mol. The molecule has 0 bridgehead atoms. The van der Waals surface area contributed by atoms with Gasteiger partial charge in [-0.25, -0.2) is 4.79 Å². The maximum atomic E-state index is 12.4. The maximum Gasteiger partial charge on any atom is 0.336 e. The Morgan fingerprint density at radius 3 is 2.52 bits per heavy atom. The van der Waals surface area contributed by atoms with Crippen LogP contribution in [-0.4, -0.2) is 33.3 Å². The Morgan fingerprint density at radius 2 is 1.79 bits per heavy atom. The van der Waals surface area contributed by atoms with Crippen molar-refractivity contribution >= 4 is 22.8 Å². The van der Waals surface area contributed by atoms with E-state index in [2.05, 4.69) is 17.3 Å². The number of fused-ring (bicyclic) bond motifs is 1. The van der Waals surface area contributed by atoms with Gasteiger partial charge < -0.3 is 10.4 Å². The molecule has 0 unspecified atom stereocenters. The van der Waals surface area contributed by atoms with Crippen molar-refractivity contribution in [1.82, 2.24) is 15.1 Å². The van der Waals surface area contributed by atoms with Crippen molar-refractivity contribution in [2.75, 3.05) is 6.54 Å². The molecule has 1 amide bonds. The van der Waals surface area contributed by atoms with Crippen LogP contribution in [0.25, 0.3) is 22.0 Å². The second kappa shape index (κ2) is 9.69. The van der Waals surface area contributed by atoms with E-state index < -0.39 is 5.97 Å². The molecule has 0 aliphatic carbocycles. The van der Waals surface area contributed by atoms with Crippen LogP contribution in [0.5, 0.6) is 0 Å². The lowest BCUT2D eigenvalue weighted by Gasteiger charge is -2.09. The Balaban J connectivity index is 1.56. The van der Waals surface area contributed by atoms with E-state index in [0.29, 0.717) is 24.2 Å². The number of hydrogen-bond acceptors (Lipinski definition) is 3. The molecule has 2 N–H and O–H groups in total. The van der Waals surface area contributed by atoms with E-state index >= 15 is 0 Å². The average Bonchev–Trinajstić information content (AvgIpc) is 3.14. The topological polar surface area (TPSA) is 84.2 Å². The second-order valence-corrected chi connectivity index (χ2v) is 8.13. The summed E-state index contributed by atoms with van der Waals surface area (Å²) >= 11 is 0. The smallest absolute Gasteiger partial charge is 0.336 e. The Kier molecular flexibility index (Phi) is 6.54. The number of aryl methyl sites for hydroxylation is 1. The number of nitrogens with zero attached hydrogens (tertiary/aromatic N) is 2. The molecule has 33 heavy (non-hydrogen) atoms. The van der Waals surface area contributed by atoms with Gasteiger partial charge >= 0.3 is 5.97 Å². The highest BCUT2D eigenvalue weighted by molar-refractivity contribution is 5.98. The van der Waals surface area contributed by atoms with Gasteiger partial charge in [-0.2, -0.15) is 5.10 Å². The second-order valence-electron chi connectivity index (χ2n) is 8.13. The summed E-state index contributed by atoms with van der Waals surface area (Å²) < 4.78 is 1.93. The van der Waals surface area contributed by atoms with Gasteiger partial charge in [-0.15, -0.1) is 0 Å². The maximum absolute atomic E-state index is 12.4. The lowest BCUT2D eigenvalue weighted by atomic mass is 9.99. The van der Waals surface area contributed by atoms with Gasteiger partial charge in [0.15, 0.2) is 0 Å². The van der Waals surface area contributed by atoms with Gasteiger partial charge in [0, 0.05) is 17.5 Å². The Morgan fingerprint density at radius 1 is 1.03 bits per heavy atom. The zero-order chi connectivity index (χ0) is 23.4. The van der Waals surface area contributed by atoms with Gasteiger partial charge in [0.2, 0.25) is 0 Å². The molecule has 168 valence electrons. The quantitative estimate of drug-likeness (QED) is 0.364. The molecule has 4 aromatic rings. The van der Waals surface area contributed by atoms with Gasteiger partial charge in [0.05, 0.1) is 23.3 Å². The van der Waals surface area contributed by atoms with Gasteiger partial charge in [-0.1, -0.05) is 55.8 Å². The Hall–Kier alpha value is -3.93. The van der Waals surface area contributed by atoms with Crippen molar-refractivity contribution in [2.45, 2.75) is 33.2 Å². The first-order valence-electron chi connectivity index (χ1n) is 11.1. The number of hydrogen-bond donors (Lipinski definition) is 2. The van der Waals surface area contributed by atoms with E-state index in [1.165, 1.54) is 0 Å². The van der Waals surface area contributed by atoms with Crippen LogP contribution in [0.4, 0.5) is 0 Å². The van der Waals surface area contributed by atoms with E-state index in [0.717, 1.165) is 40.6 Å². The zero-order valence-corrected chi connectivity index (χ0v) is 18.8. The molecular formula is C27H27N3O3. The number of carboxylic acids is 1. The Labute approximate surface area is 192 Å². The van der Waals surface area contributed by atoms with Crippen LogP contribution in [0, 0.1) is 6.92 Å². The van der Waals surface area contributed by atoms with Crippen LogP contribution in [0.3, 0.4) is 0 Å². The molecule has 1 heterocycles. The molecule has 1 aromatic heterocycles. The first-order valence-corrected chi connectivity index (χ1v) is 11.1. The summed E-state index contributed by atoms with van der Waals surface area (Å²) in [6.07, 6.45) is 2.00. The molecule has 0 spiro atoms.